The SMILES string of the molecule is O=C(NCc1ccc(F)c(Cl)c1)C1(C(F)(F)F)CCNC1. The van der Waals surface area contributed by atoms with Crippen molar-refractivity contribution in [3.8, 4) is 0 Å². The molecule has 21 heavy (non-hydrogen) atoms. The van der Waals surface area contributed by atoms with Gasteiger partial charge in [-0.25, -0.2) is 4.39 Å². The minimum atomic E-state index is -4.62. The summed E-state index contributed by atoms with van der Waals surface area (Å²) in [6, 6.07) is 3.72. The van der Waals surface area contributed by atoms with Crippen LogP contribution in [0.5, 0.6) is 0 Å². The van der Waals surface area contributed by atoms with E-state index in [0.29, 0.717) is 5.56 Å². The van der Waals surface area contributed by atoms with Crippen LogP contribution in [0.4, 0.5) is 17.6 Å². The summed E-state index contributed by atoms with van der Waals surface area (Å²) in [7, 11) is 0. The molecule has 0 aliphatic carbocycles. The molecule has 1 aliphatic heterocycles. The molecule has 1 saturated heterocycles. The van der Waals surface area contributed by atoms with Crippen molar-refractivity contribution >= 4 is 17.5 Å². The summed E-state index contributed by atoms with van der Waals surface area (Å²) in [5, 5.41) is 4.68. The van der Waals surface area contributed by atoms with E-state index < -0.39 is 29.9 Å². The van der Waals surface area contributed by atoms with Crippen LogP contribution in [0.1, 0.15) is 12.0 Å². The molecule has 0 aromatic heterocycles. The normalized spacial score (nSPS) is 22.3. The molecule has 0 spiro atoms. The number of nitrogens with one attached hydrogen (secondary N) is 2. The van der Waals surface area contributed by atoms with Gasteiger partial charge in [0.15, 0.2) is 5.41 Å². The maximum Gasteiger partial charge on any atom is 0.404 e. The fraction of sp³-hybridized carbons (Fsp3) is 0.462. The van der Waals surface area contributed by atoms with E-state index in [1.807, 2.05) is 0 Å². The van der Waals surface area contributed by atoms with Gasteiger partial charge in [-0.2, -0.15) is 13.2 Å². The summed E-state index contributed by atoms with van der Waals surface area (Å²) in [5.74, 6) is -1.71. The molecule has 1 aromatic carbocycles. The average Bonchev–Trinajstić information content (AvgIpc) is 2.90. The minimum Gasteiger partial charge on any atom is -0.351 e. The van der Waals surface area contributed by atoms with Crippen molar-refractivity contribution in [2.24, 2.45) is 5.41 Å². The molecular weight excluding hydrogens is 312 g/mol. The molecule has 1 unspecified atom stereocenters. The molecule has 8 heteroatoms. The van der Waals surface area contributed by atoms with Gasteiger partial charge in [0.1, 0.15) is 5.82 Å². The Morgan fingerprint density at radius 3 is 2.67 bits per heavy atom. The maximum atomic E-state index is 13.1. The maximum absolute atomic E-state index is 13.1. The second-order valence-corrected chi connectivity index (χ2v) is 5.34. The van der Waals surface area contributed by atoms with Gasteiger partial charge >= 0.3 is 6.18 Å². The Kier molecular flexibility index (Phi) is 4.43. The lowest BCUT2D eigenvalue weighted by atomic mass is 9.85. The van der Waals surface area contributed by atoms with Gasteiger partial charge in [0.2, 0.25) is 5.91 Å². The highest BCUT2D eigenvalue weighted by atomic mass is 35.5. The largest absolute Gasteiger partial charge is 0.404 e. The topological polar surface area (TPSA) is 41.1 Å². The van der Waals surface area contributed by atoms with Crippen LogP contribution in [0.3, 0.4) is 0 Å². The van der Waals surface area contributed by atoms with Gasteiger partial charge in [0.05, 0.1) is 5.02 Å². The number of amides is 1. The molecule has 0 radical (unpaired) electrons. The molecular formula is C13H13ClF4N2O. The van der Waals surface area contributed by atoms with E-state index in [9.17, 15) is 22.4 Å². The molecule has 3 nitrogen and oxygen atoms in total. The van der Waals surface area contributed by atoms with Crippen molar-refractivity contribution < 1.29 is 22.4 Å². The zero-order valence-corrected chi connectivity index (χ0v) is 11.6. The summed E-state index contributed by atoms with van der Waals surface area (Å²) >= 11 is 5.58. The van der Waals surface area contributed by atoms with Crippen LogP contribution < -0.4 is 10.6 Å². The number of carbonyl (C=O) groups is 1. The molecule has 1 aliphatic rings. The van der Waals surface area contributed by atoms with E-state index in [0.717, 1.165) is 6.07 Å². The average molecular weight is 325 g/mol. The third-order valence-electron chi connectivity index (χ3n) is 3.57. The highest BCUT2D eigenvalue weighted by Crippen LogP contribution is 2.43. The lowest BCUT2D eigenvalue weighted by Crippen LogP contribution is -2.52. The molecule has 2 N–H and O–H groups in total. The first-order valence-corrected chi connectivity index (χ1v) is 6.64. The van der Waals surface area contributed by atoms with Gasteiger partial charge in [0.25, 0.3) is 0 Å². The molecule has 1 heterocycles. The lowest BCUT2D eigenvalue weighted by molar-refractivity contribution is -0.216. The molecule has 2 rings (SSSR count). The number of alkyl halides is 3. The van der Waals surface area contributed by atoms with Gasteiger partial charge in [-0.3, -0.25) is 4.79 Å². The molecule has 1 atom stereocenters. The number of halogens is 5. The standard InChI is InChI=1S/C13H13ClF4N2O/c14-9-5-8(1-2-10(9)15)6-20-11(21)12(13(16,17)18)3-4-19-7-12/h1-2,5,19H,3-4,6-7H2,(H,20,21). The fourth-order valence-corrected chi connectivity index (χ4v) is 2.46. The molecule has 0 saturated carbocycles. The van der Waals surface area contributed by atoms with Gasteiger partial charge < -0.3 is 10.6 Å². The Morgan fingerprint density at radius 2 is 2.14 bits per heavy atom. The number of rotatable bonds is 3. The van der Waals surface area contributed by atoms with Crippen LogP contribution in [0.15, 0.2) is 18.2 Å². The van der Waals surface area contributed by atoms with Crippen molar-refractivity contribution in [1.29, 1.82) is 0 Å². The molecule has 116 valence electrons. The zero-order valence-electron chi connectivity index (χ0n) is 10.9. The number of carbonyl (C=O) groups excluding carboxylic acids is 1. The first-order valence-electron chi connectivity index (χ1n) is 6.26. The Morgan fingerprint density at radius 1 is 1.43 bits per heavy atom. The molecule has 1 fully saturated rings. The monoisotopic (exact) mass is 324 g/mol. The van der Waals surface area contributed by atoms with E-state index in [4.69, 9.17) is 11.6 Å². The molecule has 1 amide bonds. The Bertz CT molecular complexity index is 541. The summed E-state index contributed by atoms with van der Waals surface area (Å²) in [6.45, 7) is -0.446. The van der Waals surface area contributed by atoms with Crippen LogP contribution in [-0.2, 0) is 11.3 Å². The highest BCUT2D eigenvalue weighted by Gasteiger charge is 2.61. The van der Waals surface area contributed by atoms with Crippen LogP contribution in [-0.4, -0.2) is 25.2 Å². The van der Waals surface area contributed by atoms with Crippen LogP contribution in [0.25, 0.3) is 0 Å². The second kappa shape index (κ2) is 5.81. The smallest absolute Gasteiger partial charge is 0.351 e. The first-order chi connectivity index (χ1) is 9.76. The van der Waals surface area contributed by atoms with E-state index in [1.54, 1.807) is 0 Å². The number of hydrogen-bond acceptors (Lipinski definition) is 2. The third-order valence-corrected chi connectivity index (χ3v) is 3.86. The number of hydrogen-bond donors (Lipinski definition) is 2. The summed E-state index contributed by atoms with van der Waals surface area (Å²) in [5.41, 5.74) is -1.98. The Hall–Kier alpha value is -1.34. The Balaban J connectivity index is 2.08. The minimum absolute atomic E-state index is 0.134. The van der Waals surface area contributed by atoms with Crippen LogP contribution in [0, 0.1) is 11.2 Å². The second-order valence-electron chi connectivity index (χ2n) is 4.94. The Labute approximate surface area is 123 Å². The fourth-order valence-electron chi connectivity index (χ4n) is 2.26. The van der Waals surface area contributed by atoms with E-state index in [-0.39, 0.29) is 24.5 Å². The van der Waals surface area contributed by atoms with Crippen LogP contribution >= 0.6 is 11.6 Å². The third kappa shape index (κ3) is 3.13. The van der Waals surface area contributed by atoms with Gasteiger partial charge in [-0.15, -0.1) is 0 Å². The van der Waals surface area contributed by atoms with Crippen LogP contribution in [0.2, 0.25) is 5.02 Å². The van der Waals surface area contributed by atoms with Crippen molar-refractivity contribution in [2.75, 3.05) is 13.1 Å². The summed E-state index contributed by atoms with van der Waals surface area (Å²) in [6.07, 6.45) is -4.92. The van der Waals surface area contributed by atoms with Crippen molar-refractivity contribution in [1.82, 2.24) is 10.6 Å². The quantitative estimate of drug-likeness (QED) is 0.839. The van der Waals surface area contributed by atoms with Gasteiger partial charge in [-0.1, -0.05) is 17.7 Å². The molecule has 0 bridgehead atoms. The van der Waals surface area contributed by atoms with Gasteiger partial charge in [0, 0.05) is 13.1 Å². The van der Waals surface area contributed by atoms with E-state index in [1.165, 1.54) is 12.1 Å². The predicted octanol–water partition coefficient (Wildman–Crippen LogP) is 2.64. The zero-order chi connectivity index (χ0) is 15.7. The van der Waals surface area contributed by atoms with Crippen molar-refractivity contribution in [2.45, 2.75) is 19.1 Å². The van der Waals surface area contributed by atoms with Gasteiger partial charge in [-0.05, 0) is 30.7 Å². The summed E-state index contributed by atoms with van der Waals surface area (Å²) in [4.78, 5) is 12.0. The highest BCUT2D eigenvalue weighted by molar-refractivity contribution is 6.30. The molecule has 1 aromatic rings. The predicted molar refractivity (Wildman–Crippen MR) is 69.2 cm³/mol. The number of benzene rings is 1. The lowest BCUT2D eigenvalue weighted by Gasteiger charge is -2.29. The summed E-state index contributed by atoms with van der Waals surface area (Å²) < 4.78 is 52.4. The van der Waals surface area contributed by atoms with E-state index in [2.05, 4.69) is 10.6 Å². The van der Waals surface area contributed by atoms with Crippen molar-refractivity contribution in [3.63, 3.8) is 0 Å². The van der Waals surface area contributed by atoms with E-state index >= 15 is 0 Å². The van der Waals surface area contributed by atoms with Crippen molar-refractivity contribution in [3.05, 3.63) is 34.6 Å². The first kappa shape index (κ1) is 16.0.